The SMILES string of the molecule is CC(C)(CCO)NC(=O)C1CCc2ccccc2C1. The predicted octanol–water partition coefficient (Wildman–Crippen LogP) is 2.07. The van der Waals surface area contributed by atoms with Crippen molar-refractivity contribution in [2.75, 3.05) is 6.61 Å². The molecule has 1 aliphatic rings. The molecule has 3 heteroatoms. The average Bonchev–Trinajstić information content (AvgIpc) is 2.37. The second-order valence-corrected chi connectivity index (χ2v) is 6.06. The summed E-state index contributed by atoms with van der Waals surface area (Å²) in [5.41, 5.74) is 2.35. The van der Waals surface area contributed by atoms with Crippen molar-refractivity contribution < 1.29 is 9.90 Å². The third-order valence-corrected chi connectivity index (χ3v) is 3.92. The van der Waals surface area contributed by atoms with Crippen LogP contribution in [0.3, 0.4) is 0 Å². The highest BCUT2D eigenvalue weighted by Crippen LogP contribution is 2.26. The van der Waals surface area contributed by atoms with Crippen LogP contribution in [0, 0.1) is 5.92 Å². The smallest absolute Gasteiger partial charge is 0.223 e. The zero-order valence-electron chi connectivity index (χ0n) is 11.8. The molecule has 2 rings (SSSR count). The fourth-order valence-electron chi connectivity index (χ4n) is 2.70. The highest BCUT2D eigenvalue weighted by Gasteiger charge is 2.28. The van der Waals surface area contributed by atoms with Crippen molar-refractivity contribution >= 4 is 5.91 Å². The summed E-state index contributed by atoms with van der Waals surface area (Å²) in [5, 5.41) is 12.1. The minimum absolute atomic E-state index is 0.0628. The molecule has 1 aromatic carbocycles. The van der Waals surface area contributed by atoms with Gasteiger partial charge in [-0.1, -0.05) is 24.3 Å². The Labute approximate surface area is 115 Å². The molecule has 0 spiro atoms. The third-order valence-electron chi connectivity index (χ3n) is 3.92. The van der Waals surface area contributed by atoms with E-state index >= 15 is 0 Å². The first-order valence-corrected chi connectivity index (χ1v) is 7.01. The first-order valence-electron chi connectivity index (χ1n) is 7.01. The fraction of sp³-hybridized carbons (Fsp3) is 0.562. The third kappa shape index (κ3) is 3.57. The van der Waals surface area contributed by atoms with Crippen molar-refractivity contribution in [3.63, 3.8) is 0 Å². The van der Waals surface area contributed by atoms with Crippen LogP contribution in [0.2, 0.25) is 0 Å². The van der Waals surface area contributed by atoms with Gasteiger partial charge in [0.2, 0.25) is 5.91 Å². The Morgan fingerprint density at radius 3 is 2.74 bits per heavy atom. The number of carbonyl (C=O) groups is 1. The maximum Gasteiger partial charge on any atom is 0.223 e. The van der Waals surface area contributed by atoms with Gasteiger partial charge in [0.05, 0.1) is 0 Å². The van der Waals surface area contributed by atoms with E-state index < -0.39 is 0 Å². The van der Waals surface area contributed by atoms with Crippen molar-refractivity contribution in [1.29, 1.82) is 0 Å². The van der Waals surface area contributed by atoms with Crippen LogP contribution in [0.1, 0.15) is 37.8 Å². The Kier molecular flexibility index (Phi) is 4.25. The number of benzene rings is 1. The molecule has 0 bridgehead atoms. The van der Waals surface area contributed by atoms with Gasteiger partial charge in [0.25, 0.3) is 0 Å². The monoisotopic (exact) mass is 261 g/mol. The number of hydrogen-bond acceptors (Lipinski definition) is 2. The first-order chi connectivity index (χ1) is 9.02. The molecule has 0 aromatic heterocycles. The molecule has 104 valence electrons. The van der Waals surface area contributed by atoms with Crippen LogP contribution in [0.4, 0.5) is 0 Å². The minimum Gasteiger partial charge on any atom is -0.396 e. The number of rotatable bonds is 4. The van der Waals surface area contributed by atoms with E-state index in [1.165, 1.54) is 11.1 Å². The molecule has 2 N–H and O–H groups in total. The molecular weight excluding hydrogens is 238 g/mol. The van der Waals surface area contributed by atoms with E-state index in [0.717, 1.165) is 19.3 Å². The van der Waals surface area contributed by atoms with Gasteiger partial charge < -0.3 is 10.4 Å². The van der Waals surface area contributed by atoms with Gasteiger partial charge in [-0.15, -0.1) is 0 Å². The summed E-state index contributed by atoms with van der Waals surface area (Å²) in [6.45, 7) is 4.01. The number of aliphatic hydroxyl groups is 1. The number of aryl methyl sites for hydroxylation is 1. The molecule has 0 radical (unpaired) electrons. The summed E-state index contributed by atoms with van der Waals surface area (Å²) < 4.78 is 0. The fourth-order valence-corrected chi connectivity index (χ4v) is 2.70. The van der Waals surface area contributed by atoms with Gasteiger partial charge in [-0.05, 0) is 50.7 Å². The van der Waals surface area contributed by atoms with E-state index in [4.69, 9.17) is 5.11 Å². The Balaban J connectivity index is 1.99. The molecule has 0 heterocycles. The first kappa shape index (κ1) is 14.1. The Bertz CT molecular complexity index is 454. The number of carbonyl (C=O) groups excluding carboxylic acids is 1. The van der Waals surface area contributed by atoms with Gasteiger partial charge in [-0.25, -0.2) is 0 Å². The average molecular weight is 261 g/mol. The van der Waals surface area contributed by atoms with Crippen LogP contribution < -0.4 is 5.32 Å². The number of nitrogens with one attached hydrogen (secondary N) is 1. The van der Waals surface area contributed by atoms with Crippen LogP contribution >= 0.6 is 0 Å². The molecule has 1 aliphatic carbocycles. The van der Waals surface area contributed by atoms with E-state index in [0.29, 0.717) is 6.42 Å². The Morgan fingerprint density at radius 1 is 1.37 bits per heavy atom. The van der Waals surface area contributed by atoms with Crippen LogP contribution in [-0.4, -0.2) is 23.2 Å². The van der Waals surface area contributed by atoms with Gasteiger partial charge in [0.15, 0.2) is 0 Å². The molecule has 1 amide bonds. The molecule has 0 saturated heterocycles. The molecule has 1 atom stereocenters. The second kappa shape index (κ2) is 5.74. The topological polar surface area (TPSA) is 49.3 Å². The summed E-state index contributed by atoms with van der Waals surface area (Å²) in [5.74, 6) is 0.181. The van der Waals surface area contributed by atoms with E-state index in [1.807, 2.05) is 19.9 Å². The predicted molar refractivity (Wildman–Crippen MR) is 75.9 cm³/mol. The Hall–Kier alpha value is -1.35. The molecule has 1 unspecified atom stereocenters. The zero-order valence-corrected chi connectivity index (χ0v) is 11.8. The van der Waals surface area contributed by atoms with Crippen LogP contribution in [0.25, 0.3) is 0 Å². The van der Waals surface area contributed by atoms with Crippen LogP contribution in [-0.2, 0) is 17.6 Å². The number of amides is 1. The highest BCUT2D eigenvalue weighted by molar-refractivity contribution is 5.80. The molecule has 0 fully saturated rings. The van der Waals surface area contributed by atoms with Crippen molar-refractivity contribution in [2.45, 2.75) is 45.1 Å². The maximum absolute atomic E-state index is 12.3. The Morgan fingerprint density at radius 2 is 2.05 bits per heavy atom. The summed E-state index contributed by atoms with van der Waals surface area (Å²) in [6.07, 6.45) is 3.31. The van der Waals surface area contributed by atoms with Gasteiger partial charge in [0.1, 0.15) is 0 Å². The standard InChI is InChI=1S/C16H23NO2/c1-16(2,9-10-18)17-15(19)14-8-7-12-5-3-4-6-13(12)11-14/h3-6,14,18H,7-11H2,1-2H3,(H,17,19). The number of hydrogen-bond donors (Lipinski definition) is 2. The molecular formula is C16H23NO2. The van der Waals surface area contributed by atoms with Crippen molar-refractivity contribution in [3.8, 4) is 0 Å². The van der Waals surface area contributed by atoms with Crippen molar-refractivity contribution in [1.82, 2.24) is 5.32 Å². The van der Waals surface area contributed by atoms with Gasteiger partial charge in [-0.2, -0.15) is 0 Å². The lowest BCUT2D eigenvalue weighted by Gasteiger charge is -2.30. The largest absolute Gasteiger partial charge is 0.396 e. The second-order valence-electron chi connectivity index (χ2n) is 6.06. The lowest BCUT2D eigenvalue weighted by Crippen LogP contribution is -2.47. The quantitative estimate of drug-likeness (QED) is 0.871. The van der Waals surface area contributed by atoms with E-state index in [9.17, 15) is 4.79 Å². The van der Waals surface area contributed by atoms with Crippen LogP contribution in [0.15, 0.2) is 24.3 Å². The van der Waals surface area contributed by atoms with Crippen LogP contribution in [0.5, 0.6) is 0 Å². The number of fused-ring (bicyclic) bond motifs is 1. The summed E-state index contributed by atoms with van der Waals surface area (Å²) >= 11 is 0. The molecule has 1 aromatic rings. The molecule has 3 nitrogen and oxygen atoms in total. The van der Waals surface area contributed by atoms with Gasteiger partial charge >= 0.3 is 0 Å². The normalized spacial score (nSPS) is 18.8. The van der Waals surface area contributed by atoms with Crippen molar-refractivity contribution in [3.05, 3.63) is 35.4 Å². The molecule has 0 saturated carbocycles. The molecule has 19 heavy (non-hydrogen) atoms. The van der Waals surface area contributed by atoms with Crippen molar-refractivity contribution in [2.24, 2.45) is 5.92 Å². The van der Waals surface area contributed by atoms with Gasteiger partial charge in [0, 0.05) is 18.1 Å². The summed E-state index contributed by atoms with van der Waals surface area (Å²) in [4.78, 5) is 12.3. The van der Waals surface area contributed by atoms with E-state index in [2.05, 4.69) is 23.5 Å². The summed E-state index contributed by atoms with van der Waals surface area (Å²) in [6, 6.07) is 8.37. The lowest BCUT2D eigenvalue weighted by atomic mass is 9.83. The molecule has 0 aliphatic heterocycles. The maximum atomic E-state index is 12.3. The van der Waals surface area contributed by atoms with E-state index in [1.54, 1.807) is 0 Å². The van der Waals surface area contributed by atoms with E-state index in [-0.39, 0.29) is 24.0 Å². The minimum atomic E-state index is -0.331. The number of aliphatic hydroxyl groups excluding tert-OH is 1. The zero-order chi connectivity index (χ0) is 13.9. The van der Waals surface area contributed by atoms with Gasteiger partial charge in [-0.3, -0.25) is 4.79 Å². The lowest BCUT2D eigenvalue weighted by molar-refractivity contribution is -0.127. The summed E-state index contributed by atoms with van der Waals surface area (Å²) in [7, 11) is 0. The highest BCUT2D eigenvalue weighted by atomic mass is 16.3.